The van der Waals surface area contributed by atoms with E-state index in [-0.39, 0.29) is 5.91 Å². The van der Waals surface area contributed by atoms with Crippen molar-refractivity contribution in [1.82, 2.24) is 20.4 Å². The lowest BCUT2D eigenvalue weighted by Gasteiger charge is -2.22. The topological polar surface area (TPSA) is 72.1 Å². The quantitative estimate of drug-likeness (QED) is 0.706. The van der Waals surface area contributed by atoms with Gasteiger partial charge in [0.25, 0.3) is 5.91 Å². The van der Waals surface area contributed by atoms with Gasteiger partial charge in [-0.15, -0.1) is 0 Å². The van der Waals surface area contributed by atoms with Crippen LogP contribution in [0, 0.1) is 5.92 Å². The van der Waals surface area contributed by atoms with Gasteiger partial charge in [-0.25, -0.2) is 4.68 Å². The first kappa shape index (κ1) is 17.8. The summed E-state index contributed by atoms with van der Waals surface area (Å²) < 4.78 is 7.21. The maximum absolute atomic E-state index is 12.7. The van der Waals surface area contributed by atoms with Crippen LogP contribution in [0.4, 0.5) is 0 Å². The fourth-order valence-corrected chi connectivity index (χ4v) is 3.51. The lowest BCUT2D eigenvalue weighted by atomic mass is 10.00. The molecule has 1 fully saturated rings. The average molecular weight is 385 g/mol. The first-order valence-corrected chi connectivity index (χ1v) is 9.47. The number of amides is 1. The summed E-state index contributed by atoms with van der Waals surface area (Å²) in [4.78, 5) is 12.7. The van der Waals surface area contributed by atoms with Gasteiger partial charge in [-0.1, -0.05) is 17.7 Å². The van der Waals surface area contributed by atoms with Crippen LogP contribution in [-0.2, 0) is 0 Å². The van der Waals surface area contributed by atoms with Gasteiger partial charge in [-0.2, -0.15) is 5.10 Å². The van der Waals surface area contributed by atoms with E-state index in [4.69, 9.17) is 16.0 Å². The van der Waals surface area contributed by atoms with Crippen LogP contribution >= 0.6 is 11.6 Å². The minimum absolute atomic E-state index is 0.186. The molecule has 0 aliphatic carbocycles. The molecule has 2 N–H and O–H groups in total. The number of piperidine rings is 1. The normalized spacial score (nSPS) is 17.0. The molecule has 0 saturated carbocycles. The fourth-order valence-electron chi connectivity index (χ4n) is 3.32. The van der Waals surface area contributed by atoms with Gasteiger partial charge in [-0.3, -0.25) is 4.79 Å². The van der Waals surface area contributed by atoms with Gasteiger partial charge < -0.3 is 15.1 Å². The van der Waals surface area contributed by atoms with Crippen molar-refractivity contribution in [1.29, 1.82) is 0 Å². The number of carbonyl (C=O) groups excluding carboxylic acids is 1. The Hall–Kier alpha value is -2.57. The number of nitrogens with one attached hydrogen (secondary N) is 2. The molecule has 27 heavy (non-hydrogen) atoms. The molecule has 1 amide bonds. The molecule has 3 heterocycles. The van der Waals surface area contributed by atoms with Crippen molar-refractivity contribution in [3.8, 4) is 17.1 Å². The molecule has 140 valence electrons. The van der Waals surface area contributed by atoms with E-state index in [0.29, 0.717) is 34.6 Å². The van der Waals surface area contributed by atoms with E-state index in [1.54, 1.807) is 35.2 Å². The monoisotopic (exact) mass is 384 g/mol. The number of furan rings is 1. The summed E-state index contributed by atoms with van der Waals surface area (Å²) in [5.74, 6) is 0.912. The number of hydrogen-bond acceptors (Lipinski definition) is 4. The van der Waals surface area contributed by atoms with Crippen LogP contribution in [0.3, 0.4) is 0 Å². The second kappa shape index (κ2) is 7.98. The molecule has 0 bridgehead atoms. The first-order chi connectivity index (χ1) is 13.2. The lowest BCUT2D eigenvalue weighted by Crippen LogP contribution is -2.38. The summed E-state index contributed by atoms with van der Waals surface area (Å²) >= 11 is 6.13. The predicted octanol–water partition coefficient (Wildman–Crippen LogP) is 3.52. The van der Waals surface area contributed by atoms with Crippen LogP contribution in [-0.4, -0.2) is 35.3 Å². The number of benzene rings is 1. The molecule has 0 spiro atoms. The number of rotatable bonds is 5. The van der Waals surface area contributed by atoms with Gasteiger partial charge >= 0.3 is 0 Å². The van der Waals surface area contributed by atoms with E-state index < -0.39 is 0 Å². The zero-order valence-corrected chi connectivity index (χ0v) is 15.6. The molecule has 1 aromatic carbocycles. The largest absolute Gasteiger partial charge is 0.463 e. The van der Waals surface area contributed by atoms with Gasteiger partial charge in [0.05, 0.1) is 12.0 Å². The van der Waals surface area contributed by atoms with E-state index >= 15 is 0 Å². The number of aromatic nitrogens is 2. The smallest absolute Gasteiger partial charge is 0.271 e. The molecule has 4 rings (SSSR count). The third-order valence-electron chi connectivity index (χ3n) is 4.72. The number of hydrogen-bond donors (Lipinski definition) is 2. The maximum Gasteiger partial charge on any atom is 0.271 e. The van der Waals surface area contributed by atoms with Crippen LogP contribution in [0.5, 0.6) is 0 Å². The summed E-state index contributed by atoms with van der Waals surface area (Å²) in [5.41, 5.74) is 1.82. The van der Waals surface area contributed by atoms with Crippen LogP contribution in [0.1, 0.15) is 23.3 Å². The van der Waals surface area contributed by atoms with Gasteiger partial charge in [0, 0.05) is 17.6 Å². The Kier molecular flexibility index (Phi) is 5.27. The molecule has 2 aromatic heterocycles. The Morgan fingerprint density at radius 2 is 2.26 bits per heavy atom. The van der Waals surface area contributed by atoms with Crippen molar-refractivity contribution in [2.45, 2.75) is 12.8 Å². The third-order valence-corrected chi connectivity index (χ3v) is 4.95. The van der Waals surface area contributed by atoms with Crippen molar-refractivity contribution in [2.75, 3.05) is 19.6 Å². The summed E-state index contributed by atoms with van der Waals surface area (Å²) in [6.07, 6.45) is 3.87. The number of carbonyl (C=O) groups is 1. The highest BCUT2D eigenvalue weighted by atomic mass is 35.5. The average Bonchev–Trinajstić information content (AvgIpc) is 3.36. The third kappa shape index (κ3) is 4.07. The minimum atomic E-state index is -0.186. The summed E-state index contributed by atoms with van der Waals surface area (Å²) in [7, 11) is 0. The van der Waals surface area contributed by atoms with Crippen molar-refractivity contribution >= 4 is 17.5 Å². The van der Waals surface area contributed by atoms with E-state index in [1.807, 2.05) is 18.2 Å². The highest BCUT2D eigenvalue weighted by Crippen LogP contribution is 2.26. The molecule has 1 saturated heterocycles. The minimum Gasteiger partial charge on any atom is -0.463 e. The maximum atomic E-state index is 12.7. The molecule has 3 aromatic rings. The second-order valence-electron chi connectivity index (χ2n) is 6.71. The van der Waals surface area contributed by atoms with Gasteiger partial charge in [0.1, 0.15) is 5.69 Å². The molecule has 1 unspecified atom stereocenters. The summed E-state index contributed by atoms with van der Waals surface area (Å²) in [6, 6.07) is 12.7. The summed E-state index contributed by atoms with van der Waals surface area (Å²) in [6.45, 7) is 2.64. The Balaban J connectivity index is 1.60. The van der Waals surface area contributed by atoms with E-state index in [9.17, 15) is 4.79 Å². The molecule has 1 atom stereocenters. The SMILES string of the molecule is O=C(NCC1CCCNC1)c1cc(-c2ccco2)n(-c2cccc(Cl)c2)n1. The molecule has 0 radical (unpaired) electrons. The van der Waals surface area contributed by atoms with E-state index in [2.05, 4.69) is 15.7 Å². The molecule has 1 aliphatic rings. The molecular weight excluding hydrogens is 364 g/mol. The fraction of sp³-hybridized carbons (Fsp3) is 0.300. The van der Waals surface area contributed by atoms with Crippen LogP contribution in [0.2, 0.25) is 5.02 Å². The van der Waals surface area contributed by atoms with Crippen molar-refractivity contribution in [3.05, 3.63) is 59.4 Å². The Morgan fingerprint density at radius 3 is 3.00 bits per heavy atom. The van der Waals surface area contributed by atoms with Crippen molar-refractivity contribution < 1.29 is 9.21 Å². The van der Waals surface area contributed by atoms with Gasteiger partial charge in [0.15, 0.2) is 11.5 Å². The summed E-state index contributed by atoms with van der Waals surface area (Å²) in [5, 5.41) is 11.5. The van der Waals surface area contributed by atoms with Crippen LogP contribution < -0.4 is 10.6 Å². The number of halogens is 1. The Bertz CT molecular complexity index is 914. The zero-order valence-electron chi connectivity index (χ0n) is 14.8. The lowest BCUT2D eigenvalue weighted by molar-refractivity contribution is 0.0939. The zero-order chi connectivity index (χ0) is 18.6. The first-order valence-electron chi connectivity index (χ1n) is 9.09. The molecule has 1 aliphatic heterocycles. The van der Waals surface area contributed by atoms with E-state index in [1.165, 1.54) is 0 Å². The Labute approximate surface area is 162 Å². The second-order valence-corrected chi connectivity index (χ2v) is 7.14. The van der Waals surface area contributed by atoms with Crippen molar-refractivity contribution in [3.63, 3.8) is 0 Å². The molecule has 7 heteroatoms. The van der Waals surface area contributed by atoms with Gasteiger partial charge in [0.2, 0.25) is 0 Å². The standard InChI is InChI=1S/C20H21ClN4O2/c21-15-5-1-6-16(10-15)25-18(19-7-3-9-27-19)11-17(24-25)20(26)23-13-14-4-2-8-22-12-14/h1,3,5-7,9-11,14,22H,2,4,8,12-13H2,(H,23,26). The molecule has 6 nitrogen and oxygen atoms in total. The Morgan fingerprint density at radius 1 is 1.33 bits per heavy atom. The highest BCUT2D eigenvalue weighted by molar-refractivity contribution is 6.30. The van der Waals surface area contributed by atoms with Crippen LogP contribution in [0.25, 0.3) is 17.1 Å². The van der Waals surface area contributed by atoms with E-state index in [0.717, 1.165) is 31.6 Å². The predicted molar refractivity (Wildman–Crippen MR) is 104 cm³/mol. The van der Waals surface area contributed by atoms with Crippen LogP contribution in [0.15, 0.2) is 53.1 Å². The number of nitrogens with zero attached hydrogens (tertiary/aromatic N) is 2. The highest BCUT2D eigenvalue weighted by Gasteiger charge is 2.20. The van der Waals surface area contributed by atoms with Gasteiger partial charge in [-0.05, 0) is 62.2 Å². The molecular formula is C20H21ClN4O2. The van der Waals surface area contributed by atoms with Crippen molar-refractivity contribution in [2.24, 2.45) is 5.92 Å².